The van der Waals surface area contributed by atoms with E-state index in [1.165, 1.54) is 56.0 Å². The molecule has 27 heavy (non-hydrogen) atoms. The van der Waals surface area contributed by atoms with Crippen LogP contribution in [0, 0.1) is 0 Å². The Kier molecular flexibility index (Phi) is 10.1. The molecule has 0 spiro atoms. The second kappa shape index (κ2) is 10.1. The third-order valence-electron chi connectivity index (χ3n) is 4.01. The second-order valence-corrected chi connectivity index (χ2v) is 14.6. The maximum atomic E-state index is 6.49. The van der Waals surface area contributed by atoms with Crippen LogP contribution in [0.5, 0.6) is 5.75 Å². The molecule has 0 unspecified atom stereocenters. The molecule has 0 atom stereocenters. The monoisotopic (exact) mass is 502 g/mol. The van der Waals surface area contributed by atoms with Crippen LogP contribution in [0.3, 0.4) is 0 Å². The van der Waals surface area contributed by atoms with Gasteiger partial charge in [0.25, 0.3) is 0 Å². The first-order chi connectivity index (χ1) is 11.4. The quantitative estimate of drug-likeness (QED) is 0.575. The van der Waals surface area contributed by atoms with Crippen LogP contribution in [0.25, 0.3) is 8.85 Å². The predicted molar refractivity (Wildman–Crippen MR) is 108 cm³/mol. The number of allylic oxidation sites excluding steroid dienone is 2. The minimum atomic E-state index is -1.67. The van der Waals surface area contributed by atoms with Gasteiger partial charge in [-0.15, -0.1) is 0 Å². The van der Waals surface area contributed by atoms with Crippen molar-refractivity contribution in [1.82, 2.24) is 5.32 Å². The van der Waals surface area contributed by atoms with Crippen molar-refractivity contribution in [3.05, 3.63) is 40.6 Å². The van der Waals surface area contributed by atoms with Gasteiger partial charge in [-0.1, -0.05) is 0 Å². The maximum absolute atomic E-state index is 6.49. The topological polar surface area (TPSA) is 21.3 Å². The zero-order chi connectivity index (χ0) is 19.0. The third kappa shape index (κ3) is 6.77. The largest absolute Gasteiger partial charge is 1.00 e. The SMILES string of the molecule is CCCC(C)=C1C(NC(C)(C)C)=[C]([Zr+2])c2cccc(O[Si](C)(C)C)c21.[Cl-].[Cl-]. The summed E-state index contributed by atoms with van der Waals surface area (Å²) < 4.78 is 7.91. The number of fused-ring (bicyclic) bond motifs is 1. The summed E-state index contributed by atoms with van der Waals surface area (Å²) in [5, 5.41) is 3.79. The minimum absolute atomic E-state index is 0. The van der Waals surface area contributed by atoms with Gasteiger partial charge in [-0.2, -0.15) is 0 Å². The Labute approximate surface area is 194 Å². The van der Waals surface area contributed by atoms with Gasteiger partial charge < -0.3 is 24.8 Å². The van der Waals surface area contributed by atoms with Crippen molar-refractivity contribution in [2.75, 3.05) is 0 Å². The van der Waals surface area contributed by atoms with E-state index in [1.807, 2.05) is 0 Å². The molecule has 0 radical (unpaired) electrons. The van der Waals surface area contributed by atoms with Crippen LogP contribution in [-0.2, 0) is 24.7 Å². The molecule has 1 aromatic carbocycles. The summed E-state index contributed by atoms with van der Waals surface area (Å²) in [6.07, 6.45) is 2.28. The minimum Gasteiger partial charge on any atom is -1.00 e. The van der Waals surface area contributed by atoms with Crippen molar-refractivity contribution >= 4 is 17.2 Å². The number of rotatable bonds is 5. The Balaban J connectivity index is 0.00000338. The standard InChI is InChI=1S/C21H32NOSi.2ClH.Zr/c1-9-11-15(2)19-17(22-21(3,4)5)14-16-12-10-13-18(20(16)19)23-24(6,7)8;;;/h10,12-13,22H,9,11H2,1-8H3;2*1H;/q;;;+2/p-2. The molecule has 0 heterocycles. The fourth-order valence-corrected chi connectivity index (χ4v) is 5.03. The summed E-state index contributed by atoms with van der Waals surface area (Å²) in [5.41, 5.74) is 6.86. The van der Waals surface area contributed by atoms with Crippen LogP contribution in [0.4, 0.5) is 0 Å². The zero-order valence-corrected chi connectivity index (χ0v) is 22.8. The van der Waals surface area contributed by atoms with Gasteiger partial charge in [0.2, 0.25) is 0 Å². The summed E-state index contributed by atoms with van der Waals surface area (Å²) >= 11 is 1.45. The van der Waals surface area contributed by atoms with Crippen LogP contribution in [0.2, 0.25) is 19.6 Å². The molecule has 0 aliphatic heterocycles. The molecule has 0 aromatic heterocycles. The summed E-state index contributed by atoms with van der Waals surface area (Å²) in [4.78, 5) is 0. The summed E-state index contributed by atoms with van der Waals surface area (Å²) in [7, 11) is -1.67. The average molecular weight is 505 g/mol. The van der Waals surface area contributed by atoms with Crippen molar-refractivity contribution < 1.29 is 54.0 Å². The molecule has 1 aromatic rings. The van der Waals surface area contributed by atoms with E-state index in [2.05, 4.69) is 77.8 Å². The van der Waals surface area contributed by atoms with Crippen LogP contribution < -0.4 is 34.6 Å². The van der Waals surface area contributed by atoms with Crippen molar-refractivity contribution in [2.45, 2.75) is 72.6 Å². The van der Waals surface area contributed by atoms with Crippen LogP contribution in [0.15, 0.2) is 29.5 Å². The van der Waals surface area contributed by atoms with Crippen LogP contribution in [0.1, 0.15) is 58.6 Å². The number of hydrogen-bond donors (Lipinski definition) is 1. The normalized spacial score (nSPS) is 15.6. The number of hydrogen-bond acceptors (Lipinski definition) is 2. The molecule has 149 valence electrons. The van der Waals surface area contributed by atoms with E-state index >= 15 is 0 Å². The molecule has 0 amide bonds. The van der Waals surface area contributed by atoms with Gasteiger partial charge in [-0.25, -0.2) is 0 Å². The smallest absolute Gasteiger partial charge is 1.00 e. The Bertz CT molecular complexity index is 731. The van der Waals surface area contributed by atoms with Crippen LogP contribution in [-0.4, -0.2) is 13.9 Å². The summed E-state index contributed by atoms with van der Waals surface area (Å²) in [6, 6.07) is 6.55. The van der Waals surface area contributed by atoms with E-state index in [-0.39, 0.29) is 30.4 Å². The van der Waals surface area contributed by atoms with E-state index in [9.17, 15) is 0 Å². The Hall–Kier alpha value is -0.0200. The molecule has 1 aliphatic rings. The molecule has 2 nitrogen and oxygen atoms in total. The molecular formula is C21H32Cl2NOSiZr. The summed E-state index contributed by atoms with van der Waals surface area (Å²) in [6.45, 7) is 18.0. The molecule has 0 bridgehead atoms. The fraction of sp³-hybridized carbons (Fsp3) is 0.524. The Morgan fingerprint density at radius 1 is 1.15 bits per heavy atom. The van der Waals surface area contributed by atoms with Gasteiger partial charge in [0.1, 0.15) is 0 Å². The van der Waals surface area contributed by atoms with Gasteiger partial charge in [0, 0.05) is 0 Å². The third-order valence-corrected chi connectivity index (χ3v) is 6.12. The number of benzene rings is 1. The molecule has 0 saturated carbocycles. The first kappa shape index (κ1) is 27.0. The van der Waals surface area contributed by atoms with Gasteiger partial charge in [0.05, 0.1) is 0 Å². The van der Waals surface area contributed by atoms with E-state index in [0.29, 0.717) is 0 Å². The second-order valence-electron chi connectivity index (χ2n) is 8.92. The fourth-order valence-electron chi connectivity index (χ4n) is 3.22. The predicted octanol–water partition coefficient (Wildman–Crippen LogP) is 0.0990. The molecule has 1 N–H and O–H groups in total. The molecule has 1 aliphatic carbocycles. The summed E-state index contributed by atoms with van der Waals surface area (Å²) in [5.74, 6) is 1.06. The van der Waals surface area contributed by atoms with E-state index in [0.717, 1.165) is 18.6 Å². The number of nitrogens with one attached hydrogen (secondary N) is 1. The molecular weight excluding hydrogens is 472 g/mol. The first-order valence-corrected chi connectivity index (χ1v) is 13.9. The zero-order valence-electron chi connectivity index (χ0n) is 17.8. The first-order valence-electron chi connectivity index (χ1n) is 9.21. The average Bonchev–Trinajstić information content (AvgIpc) is 2.70. The van der Waals surface area contributed by atoms with Gasteiger partial charge >= 0.3 is 171 Å². The van der Waals surface area contributed by atoms with Crippen molar-refractivity contribution in [2.24, 2.45) is 0 Å². The van der Waals surface area contributed by atoms with Crippen LogP contribution >= 0.6 is 0 Å². The van der Waals surface area contributed by atoms with Gasteiger partial charge in [-0.3, -0.25) is 0 Å². The van der Waals surface area contributed by atoms with Crippen molar-refractivity contribution in [3.8, 4) is 5.75 Å². The van der Waals surface area contributed by atoms with Gasteiger partial charge in [-0.05, 0) is 0 Å². The molecule has 0 saturated heterocycles. The van der Waals surface area contributed by atoms with Gasteiger partial charge in [0.15, 0.2) is 0 Å². The van der Waals surface area contributed by atoms with Crippen molar-refractivity contribution in [1.29, 1.82) is 0 Å². The van der Waals surface area contributed by atoms with E-state index in [1.54, 1.807) is 0 Å². The van der Waals surface area contributed by atoms with E-state index < -0.39 is 8.32 Å². The molecule has 6 heteroatoms. The number of halogens is 2. The molecule has 2 rings (SSSR count). The Morgan fingerprint density at radius 3 is 2.22 bits per heavy atom. The Morgan fingerprint density at radius 2 is 1.74 bits per heavy atom. The van der Waals surface area contributed by atoms with Crippen molar-refractivity contribution in [3.63, 3.8) is 0 Å². The van der Waals surface area contributed by atoms with E-state index in [4.69, 9.17) is 4.43 Å². The maximum Gasteiger partial charge on any atom is -1.00 e. The molecule has 0 fully saturated rings.